The Morgan fingerprint density at radius 1 is 1.24 bits per heavy atom. The van der Waals surface area contributed by atoms with Crippen LogP contribution in [0.5, 0.6) is 0 Å². The molecule has 1 aromatic carbocycles. The van der Waals surface area contributed by atoms with Crippen LogP contribution in [-0.4, -0.2) is 16.7 Å². The second-order valence-electron chi connectivity index (χ2n) is 4.09. The van der Waals surface area contributed by atoms with Gasteiger partial charge in [-0.25, -0.2) is 0 Å². The van der Waals surface area contributed by atoms with Gasteiger partial charge in [0.15, 0.2) is 0 Å². The summed E-state index contributed by atoms with van der Waals surface area (Å²) in [6.45, 7) is 1.02. The van der Waals surface area contributed by atoms with E-state index >= 15 is 0 Å². The van der Waals surface area contributed by atoms with Gasteiger partial charge in [-0.1, -0.05) is 23.3 Å². The number of hydrogen-bond acceptors (Lipinski definition) is 5. The highest BCUT2D eigenvalue weighted by atomic mass is 16.4. The molecule has 1 atom stereocenters. The normalized spacial score (nSPS) is 19.4. The molecule has 0 saturated carbocycles. The Morgan fingerprint density at radius 2 is 2.12 bits per heavy atom. The summed E-state index contributed by atoms with van der Waals surface area (Å²) in [6.07, 6.45) is 2.22. The van der Waals surface area contributed by atoms with Crippen molar-refractivity contribution in [1.82, 2.24) is 15.5 Å². The third kappa shape index (κ3) is 2.29. The number of hydrogen-bond donors (Lipinski definition) is 2. The van der Waals surface area contributed by atoms with E-state index in [1.165, 1.54) is 0 Å². The number of aromatic nitrogens is 2. The summed E-state index contributed by atoms with van der Waals surface area (Å²) in [5.74, 6) is 0.668. The lowest BCUT2D eigenvalue weighted by atomic mass is 10.2. The average molecular weight is 230 g/mol. The molecule has 88 valence electrons. The first-order chi connectivity index (χ1) is 8.42. The van der Waals surface area contributed by atoms with Gasteiger partial charge in [0, 0.05) is 5.69 Å². The molecule has 17 heavy (non-hydrogen) atoms. The smallest absolute Gasteiger partial charge is 0.320 e. The molecule has 1 aliphatic heterocycles. The van der Waals surface area contributed by atoms with Crippen LogP contribution in [0.2, 0.25) is 0 Å². The maximum Gasteiger partial charge on any atom is 0.320 e. The highest BCUT2D eigenvalue weighted by Gasteiger charge is 2.21. The van der Waals surface area contributed by atoms with Crippen LogP contribution in [0.1, 0.15) is 24.8 Å². The summed E-state index contributed by atoms with van der Waals surface area (Å²) in [7, 11) is 0. The van der Waals surface area contributed by atoms with Crippen LogP contribution in [0.3, 0.4) is 0 Å². The van der Waals surface area contributed by atoms with Crippen molar-refractivity contribution in [2.24, 2.45) is 0 Å². The second-order valence-corrected chi connectivity index (χ2v) is 4.09. The Kier molecular flexibility index (Phi) is 2.75. The highest BCUT2D eigenvalue weighted by molar-refractivity contribution is 5.50. The van der Waals surface area contributed by atoms with Crippen LogP contribution in [0.4, 0.5) is 11.7 Å². The van der Waals surface area contributed by atoms with Crippen molar-refractivity contribution in [2.45, 2.75) is 18.9 Å². The van der Waals surface area contributed by atoms with E-state index in [0.29, 0.717) is 11.9 Å². The largest absolute Gasteiger partial charge is 0.406 e. The standard InChI is InChI=1S/C12H14N4O/c1-2-5-9(6-3-1)14-12-16-15-11(17-12)10-7-4-8-13-10/h1-3,5-6,10,13H,4,7-8H2,(H,14,16)/t10-/m0/s1. The number of rotatable bonds is 3. The first kappa shape index (κ1) is 10.3. The van der Waals surface area contributed by atoms with Gasteiger partial charge in [-0.3, -0.25) is 0 Å². The van der Waals surface area contributed by atoms with E-state index in [2.05, 4.69) is 20.8 Å². The molecule has 2 heterocycles. The number of benzene rings is 1. The zero-order chi connectivity index (χ0) is 11.5. The lowest BCUT2D eigenvalue weighted by Crippen LogP contribution is -2.12. The summed E-state index contributed by atoms with van der Waals surface area (Å²) in [6, 6.07) is 10.5. The summed E-state index contributed by atoms with van der Waals surface area (Å²) < 4.78 is 5.58. The van der Waals surface area contributed by atoms with Crippen LogP contribution in [0, 0.1) is 0 Å². The fourth-order valence-electron chi connectivity index (χ4n) is 1.97. The first-order valence-electron chi connectivity index (χ1n) is 5.81. The summed E-state index contributed by atoms with van der Waals surface area (Å²) in [5, 5.41) is 14.4. The van der Waals surface area contributed by atoms with Crippen molar-refractivity contribution >= 4 is 11.7 Å². The molecule has 0 amide bonds. The molecule has 0 bridgehead atoms. The molecule has 5 nitrogen and oxygen atoms in total. The molecule has 0 spiro atoms. The lowest BCUT2D eigenvalue weighted by molar-refractivity contribution is 0.439. The van der Waals surface area contributed by atoms with Gasteiger partial charge >= 0.3 is 6.01 Å². The molecule has 1 fully saturated rings. The molecule has 2 aromatic rings. The van der Waals surface area contributed by atoms with Crippen molar-refractivity contribution < 1.29 is 4.42 Å². The van der Waals surface area contributed by atoms with Gasteiger partial charge < -0.3 is 15.1 Å². The minimum atomic E-state index is 0.217. The number of nitrogens with zero attached hydrogens (tertiary/aromatic N) is 2. The van der Waals surface area contributed by atoms with Crippen molar-refractivity contribution in [2.75, 3.05) is 11.9 Å². The van der Waals surface area contributed by atoms with Crippen LogP contribution in [-0.2, 0) is 0 Å². The summed E-state index contributed by atoms with van der Waals surface area (Å²) in [5.41, 5.74) is 0.946. The number of anilines is 2. The van der Waals surface area contributed by atoms with E-state index in [-0.39, 0.29) is 6.04 Å². The molecule has 2 N–H and O–H groups in total. The molecular weight excluding hydrogens is 216 g/mol. The monoisotopic (exact) mass is 230 g/mol. The minimum absolute atomic E-state index is 0.217. The summed E-state index contributed by atoms with van der Waals surface area (Å²) >= 11 is 0. The van der Waals surface area contributed by atoms with Gasteiger partial charge in [0.25, 0.3) is 0 Å². The number of para-hydroxylation sites is 1. The van der Waals surface area contributed by atoms with Gasteiger partial charge in [-0.2, -0.15) is 0 Å². The van der Waals surface area contributed by atoms with Gasteiger partial charge in [-0.05, 0) is 31.5 Å². The Morgan fingerprint density at radius 3 is 2.88 bits per heavy atom. The van der Waals surface area contributed by atoms with Crippen molar-refractivity contribution in [1.29, 1.82) is 0 Å². The molecule has 0 radical (unpaired) electrons. The minimum Gasteiger partial charge on any atom is -0.406 e. The van der Waals surface area contributed by atoms with Crippen LogP contribution < -0.4 is 10.6 Å². The quantitative estimate of drug-likeness (QED) is 0.846. The van der Waals surface area contributed by atoms with E-state index in [4.69, 9.17) is 4.42 Å². The van der Waals surface area contributed by atoms with E-state index in [9.17, 15) is 0 Å². The van der Waals surface area contributed by atoms with Gasteiger partial charge in [0.2, 0.25) is 5.89 Å². The van der Waals surface area contributed by atoms with E-state index in [0.717, 1.165) is 25.1 Å². The van der Waals surface area contributed by atoms with Gasteiger partial charge in [0.05, 0.1) is 6.04 Å². The van der Waals surface area contributed by atoms with E-state index < -0.39 is 0 Å². The van der Waals surface area contributed by atoms with Gasteiger partial charge in [-0.15, -0.1) is 5.10 Å². The van der Waals surface area contributed by atoms with Crippen molar-refractivity contribution in [3.8, 4) is 0 Å². The van der Waals surface area contributed by atoms with E-state index in [1.54, 1.807) is 0 Å². The first-order valence-corrected chi connectivity index (χ1v) is 5.81. The van der Waals surface area contributed by atoms with Crippen LogP contribution in [0.15, 0.2) is 34.7 Å². The second kappa shape index (κ2) is 4.55. The van der Waals surface area contributed by atoms with Crippen LogP contribution in [0.25, 0.3) is 0 Å². The molecule has 0 unspecified atom stereocenters. The Hall–Kier alpha value is -1.88. The topological polar surface area (TPSA) is 63.0 Å². The van der Waals surface area contributed by atoms with Crippen molar-refractivity contribution in [3.63, 3.8) is 0 Å². The lowest BCUT2D eigenvalue weighted by Gasteiger charge is -2.03. The van der Waals surface area contributed by atoms with Crippen molar-refractivity contribution in [3.05, 3.63) is 36.2 Å². The molecule has 0 aliphatic carbocycles. The number of nitrogens with one attached hydrogen (secondary N) is 2. The Balaban J connectivity index is 1.72. The van der Waals surface area contributed by atoms with E-state index in [1.807, 2.05) is 30.3 Å². The van der Waals surface area contributed by atoms with Crippen LogP contribution >= 0.6 is 0 Å². The molecule has 5 heteroatoms. The van der Waals surface area contributed by atoms with Gasteiger partial charge in [0.1, 0.15) is 0 Å². The molecule has 3 rings (SSSR count). The highest BCUT2D eigenvalue weighted by Crippen LogP contribution is 2.24. The molecule has 1 aromatic heterocycles. The third-order valence-corrected chi connectivity index (χ3v) is 2.82. The molecule has 1 saturated heterocycles. The zero-order valence-electron chi connectivity index (χ0n) is 9.39. The third-order valence-electron chi connectivity index (χ3n) is 2.82. The molecular formula is C12H14N4O. The Bertz CT molecular complexity index is 476. The zero-order valence-corrected chi connectivity index (χ0v) is 9.39. The average Bonchev–Trinajstić information content (AvgIpc) is 3.00. The molecule has 1 aliphatic rings. The Labute approximate surface area is 99.2 Å². The fraction of sp³-hybridized carbons (Fsp3) is 0.333. The maximum absolute atomic E-state index is 5.58. The predicted molar refractivity (Wildman–Crippen MR) is 64.0 cm³/mol. The summed E-state index contributed by atoms with van der Waals surface area (Å²) in [4.78, 5) is 0. The fourth-order valence-corrected chi connectivity index (χ4v) is 1.97. The predicted octanol–water partition coefficient (Wildman–Crippen LogP) is 2.24. The SMILES string of the molecule is c1ccc(Nc2nnc([C@@H]3CCCN3)o2)cc1. The maximum atomic E-state index is 5.58.